The largest absolute Gasteiger partial charge is 0.337 e. The first kappa shape index (κ1) is 18.8. The molecular formula is C21H21F2N3O. The molecule has 1 aromatic heterocycles. The number of carbonyl (C=O) groups is 1. The number of hydrogen-bond acceptors (Lipinski definition) is 2. The lowest BCUT2D eigenvalue weighted by Gasteiger charge is -2.21. The molecule has 0 radical (unpaired) electrons. The topological polar surface area (TPSA) is 38.1 Å². The van der Waals surface area contributed by atoms with Gasteiger partial charge in [0.1, 0.15) is 11.6 Å². The van der Waals surface area contributed by atoms with E-state index >= 15 is 0 Å². The summed E-state index contributed by atoms with van der Waals surface area (Å²) in [5.74, 6) is -0.836. The molecule has 0 unspecified atom stereocenters. The number of rotatable bonds is 7. The molecule has 1 amide bonds. The fraction of sp³-hybridized carbons (Fsp3) is 0.238. The van der Waals surface area contributed by atoms with Crippen LogP contribution in [0.1, 0.15) is 29.4 Å². The maximum atomic E-state index is 13.4. The van der Waals surface area contributed by atoms with Gasteiger partial charge >= 0.3 is 0 Å². The van der Waals surface area contributed by atoms with Gasteiger partial charge in [-0.3, -0.25) is 4.79 Å². The maximum Gasteiger partial charge on any atom is 0.274 e. The minimum Gasteiger partial charge on any atom is -0.337 e. The summed E-state index contributed by atoms with van der Waals surface area (Å²) in [6.07, 6.45) is 3.01. The fourth-order valence-electron chi connectivity index (χ4n) is 2.90. The van der Waals surface area contributed by atoms with E-state index < -0.39 is 0 Å². The summed E-state index contributed by atoms with van der Waals surface area (Å²) in [5.41, 5.74) is 1.69. The van der Waals surface area contributed by atoms with E-state index in [0.29, 0.717) is 30.9 Å². The molecule has 0 saturated heterocycles. The highest BCUT2D eigenvalue weighted by atomic mass is 19.1. The molecule has 0 aliphatic rings. The lowest BCUT2D eigenvalue weighted by molar-refractivity contribution is 0.0751. The zero-order valence-corrected chi connectivity index (χ0v) is 15.1. The van der Waals surface area contributed by atoms with Crippen LogP contribution in [-0.2, 0) is 6.42 Å². The van der Waals surface area contributed by atoms with E-state index in [1.54, 1.807) is 35.4 Å². The number of amides is 1. The summed E-state index contributed by atoms with van der Waals surface area (Å²) in [4.78, 5) is 14.5. The summed E-state index contributed by atoms with van der Waals surface area (Å²) >= 11 is 0. The van der Waals surface area contributed by atoms with Gasteiger partial charge in [-0.1, -0.05) is 25.1 Å². The minimum atomic E-state index is -0.362. The zero-order valence-electron chi connectivity index (χ0n) is 15.1. The van der Waals surface area contributed by atoms with Crippen molar-refractivity contribution in [2.75, 3.05) is 13.1 Å². The number of benzene rings is 2. The van der Waals surface area contributed by atoms with Crippen LogP contribution >= 0.6 is 0 Å². The average Bonchev–Trinajstić information content (AvgIpc) is 3.15. The lowest BCUT2D eigenvalue weighted by Crippen LogP contribution is -2.34. The SMILES string of the molecule is CCCN(CCc1cccc(F)c1)C(=O)c1ccn(-c2cccc(F)c2)n1. The van der Waals surface area contributed by atoms with E-state index in [9.17, 15) is 13.6 Å². The number of nitrogens with zero attached hydrogens (tertiary/aromatic N) is 3. The first-order valence-corrected chi connectivity index (χ1v) is 8.92. The summed E-state index contributed by atoms with van der Waals surface area (Å²) < 4.78 is 28.2. The van der Waals surface area contributed by atoms with Crippen LogP contribution in [0.25, 0.3) is 5.69 Å². The predicted octanol–water partition coefficient (Wildman–Crippen LogP) is 4.25. The molecule has 0 bridgehead atoms. The van der Waals surface area contributed by atoms with Crippen LogP contribution in [0.2, 0.25) is 0 Å². The Hall–Kier alpha value is -3.02. The summed E-state index contributed by atoms with van der Waals surface area (Å²) in [6, 6.07) is 14.0. The maximum absolute atomic E-state index is 13.4. The molecule has 3 aromatic rings. The van der Waals surface area contributed by atoms with Gasteiger partial charge in [0.25, 0.3) is 5.91 Å². The Morgan fingerprint density at radius 3 is 2.48 bits per heavy atom. The highest BCUT2D eigenvalue weighted by molar-refractivity contribution is 5.92. The summed E-state index contributed by atoms with van der Waals surface area (Å²) in [7, 11) is 0. The van der Waals surface area contributed by atoms with E-state index in [-0.39, 0.29) is 17.5 Å². The molecule has 6 heteroatoms. The van der Waals surface area contributed by atoms with Crippen molar-refractivity contribution >= 4 is 5.91 Å². The molecule has 0 fully saturated rings. The number of carbonyl (C=O) groups excluding carboxylic acids is 1. The smallest absolute Gasteiger partial charge is 0.274 e. The van der Waals surface area contributed by atoms with E-state index in [1.165, 1.54) is 28.9 Å². The van der Waals surface area contributed by atoms with E-state index in [4.69, 9.17) is 0 Å². The van der Waals surface area contributed by atoms with Crippen LogP contribution in [0.15, 0.2) is 60.8 Å². The van der Waals surface area contributed by atoms with Crippen LogP contribution in [-0.4, -0.2) is 33.7 Å². The molecule has 0 spiro atoms. The van der Waals surface area contributed by atoms with Crippen LogP contribution in [0.5, 0.6) is 0 Å². The molecule has 0 saturated carbocycles. The van der Waals surface area contributed by atoms with Gasteiger partial charge in [0.2, 0.25) is 0 Å². The first-order valence-electron chi connectivity index (χ1n) is 8.92. The Morgan fingerprint density at radius 1 is 1.04 bits per heavy atom. The van der Waals surface area contributed by atoms with Crippen LogP contribution < -0.4 is 0 Å². The molecule has 140 valence electrons. The van der Waals surface area contributed by atoms with E-state index in [1.807, 2.05) is 13.0 Å². The van der Waals surface area contributed by atoms with Crippen LogP contribution in [0.3, 0.4) is 0 Å². The third-order valence-corrected chi connectivity index (χ3v) is 4.22. The van der Waals surface area contributed by atoms with Gasteiger partial charge in [-0.2, -0.15) is 5.10 Å². The van der Waals surface area contributed by atoms with Gasteiger partial charge in [-0.05, 0) is 54.8 Å². The molecule has 1 heterocycles. The van der Waals surface area contributed by atoms with Crippen molar-refractivity contribution in [1.29, 1.82) is 0 Å². The number of hydrogen-bond donors (Lipinski definition) is 0. The van der Waals surface area contributed by atoms with Gasteiger partial charge in [0, 0.05) is 19.3 Å². The first-order chi connectivity index (χ1) is 13.1. The highest BCUT2D eigenvalue weighted by Crippen LogP contribution is 2.12. The second-order valence-corrected chi connectivity index (χ2v) is 6.30. The fourth-order valence-corrected chi connectivity index (χ4v) is 2.90. The zero-order chi connectivity index (χ0) is 19.2. The quantitative estimate of drug-likeness (QED) is 0.625. The third kappa shape index (κ3) is 4.78. The van der Waals surface area contributed by atoms with Crippen molar-refractivity contribution in [3.8, 4) is 5.69 Å². The molecule has 0 aliphatic heterocycles. The van der Waals surface area contributed by atoms with Gasteiger partial charge < -0.3 is 4.90 Å². The predicted molar refractivity (Wildman–Crippen MR) is 99.8 cm³/mol. The number of halogens is 2. The van der Waals surface area contributed by atoms with E-state index in [2.05, 4.69) is 5.10 Å². The Bertz CT molecular complexity index is 923. The van der Waals surface area contributed by atoms with Crippen molar-refractivity contribution in [3.05, 3.63) is 83.7 Å². The minimum absolute atomic E-state index is 0.191. The lowest BCUT2D eigenvalue weighted by atomic mass is 10.1. The van der Waals surface area contributed by atoms with Crippen molar-refractivity contribution in [2.45, 2.75) is 19.8 Å². The van der Waals surface area contributed by atoms with Crippen LogP contribution in [0.4, 0.5) is 8.78 Å². The van der Waals surface area contributed by atoms with Gasteiger partial charge in [-0.25, -0.2) is 13.5 Å². The average molecular weight is 369 g/mol. The van der Waals surface area contributed by atoms with Crippen molar-refractivity contribution in [1.82, 2.24) is 14.7 Å². The summed E-state index contributed by atoms with van der Waals surface area (Å²) in [6.45, 7) is 3.05. The van der Waals surface area contributed by atoms with Gasteiger partial charge in [0.05, 0.1) is 5.69 Å². The third-order valence-electron chi connectivity index (χ3n) is 4.22. The highest BCUT2D eigenvalue weighted by Gasteiger charge is 2.18. The molecule has 0 atom stereocenters. The molecule has 27 heavy (non-hydrogen) atoms. The number of aromatic nitrogens is 2. The Labute approximate surface area is 157 Å². The normalized spacial score (nSPS) is 10.8. The molecule has 3 rings (SSSR count). The Morgan fingerprint density at radius 2 is 1.78 bits per heavy atom. The second kappa shape index (κ2) is 8.58. The van der Waals surface area contributed by atoms with Gasteiger partial charge in [-0.15, -0.1) is 0 Å². The van der Waals surface area contributed by atoms with E-state index in [0.717, 1.165) is 12.0 Å². The Kier molecular flexibility index (Phi) is 5.96. The molecular weight excluding hydrogens is 348 g/mol. The van der Waals surface area contributed by atoms with Crippen molar-refractivity contribution < 1.29 is 13.6 Å². The molecule has 0 N–H and O–H groups in total. The molecule has 0 aliphatic carbocycles. The van der Waals surface area contributed by atoms with Crippen molar-refractivity contribution in [2.24, 2.45) is 0 Å². The van der Waals surface area contributed by atoms with Crippen molar-refractivity contribution in [3.63, 3.8) is 0 Å². The standard InChI is InChI=1S/C21H21F2N3O/c1-2-11-25(12-9-16-5-3-6-17(22)14-16)21(27)20-10-13-26(24-20)19-8-4-7-18(23)15-19/h3-8,10,13-15H,2,9,11-12H2,1H3. The summed E-state index contributed by atoms with van der Waals surface area (Å²) in [5, 5.41) is 4.29. The van der Waals surface area contributed by atoms with Gasteiger partial charge in [0.15, 0.2) is 5.69 Å². The second-order valence-electron chi connectivity index (χ2n) is 6.30. The molecule has 4 nitrogen and oxygen atoms in total. The Balaban J connectivity index is 1.73. The molecule has 2 aromatic carbocycles. The van der Waals surface area contributed by atoms with Crippen LogP contribution in [0, 0.1) is 11.6 Å². The monoisotopic (exact) mass is 369 g/mol.